The number of carbonyl (C=O) groups excluding carboxylic acids is 1. The zero-order valence-electron chi connectivity index (χ0n) is 11.0. The molecule has 0 fully saturated rings. The van der Waals surface area contributed by atoms with Crippen LogP contribution in [0.25, 0.3) is 0 Å². The van der Waals surface area contributed by atoms with Gasteiger partial charge in [0.15, 0.2) is 6.61 Å². The summed E-state index contributed by atoms with van der Waals surface area (Å²) in [7, 11) is 0. The van der Waals surface area contributed by atoms with Crippen LogP contribution in [-0.4, -0.2) is 19.1 Å². The Hall–Kier alpha value is -0.740. The van der Waals surface area contributed by atoms with Crippen LogP contribution >= 0.6 is 27.5 Å². The summed E-state index contributed by atoms with van der Waals surface area (Å²) in [5.41, 5.74) is 0. The van der Waals surface area contributed by atoms with Gasteiger partial charge in [-0.1, -0.05) is 37.8 Å². The summed E-state index contributed by atoms with van der Waals surface area (Å²) in [6, 6.07) is 5.20. The number of hydrogen-bond donors (Lipinski definition) is 1. The van der Waals surface area contributed by atoms with Crippen molar-refractivity contribution in [2.24, 2.45) is 0 Å². The van der Waals surface area contributed by atoms with E-state index in [9.17, 15) is 4.79 Å². The van der Waals surface area contributed by atoms with Gasteiger partial charge < -0.3 is 10.1 Å². The Morgan fingerprint density at radius 3 is 2.84 bits per heavy atom. The van der Waals surface area contributed by atoms with Crippen LogP contribution in [0.3, 0.4) is 0 Å². The van der Waals surface area contributed by atoms with E-state index in [-0.39, 0.29) is 12.5 Å². The highest BCUT2D eigenvalue weighted by Gasteiger charge is 2.05. The number of ether oxygens (including phenoxy) is 1. The van der Waals surface area contributed by atoms with Gasteiger partial charge in [0.25, 0.3) is 5.91 Å². The number of benzene rings is 1. The lowest BCUT2D eigenvalue weighted by Gasteiger charge is -2.09. The topological polar surface area (TPSA) is 38.3 Å². The lowest BCUT2D eigenvalue weighted by atomic mass is 10.2. The van der Waals surface area contributed by atoms with Gasteiger partial charge in [-0.3, -0.25) is 4.79 Å². The lowest BCUT2D eigenvalue weighted by molar-refractivity contribution is -0.123. The Bertz CT molecular complexity index is 412. The second-order valence-corrected chi connectivity index (χ2v) is 5.56. The van der Waals surface area contributed by atoms with E-state index in [1.54, 1.807) is 18.2 Å². The van der Waals surface area contributed by atoms with Gasteiger partial charge in [-0.05, 0) is 40.5 Å². The van der Waals surface area contributed by atoms with Crippen molar-refractivity contribution in [1.82, 2.24) is 5.32 Å². The minimum Gasteiger partial charge on any atom is -0.483 e. The molecule has 19 heavy (non-hydrogen) atoms. The van der Waals surface area contributed by atoms with Crippen molar-refractivity contribution in [3.8, 4) is 5.75 Å². The fraction of sp³-hybridized carbons (Fsp3) is 0.500. The molecule has 0 aliphatic heterocycles. The van der Waals surface area contributed by atoms with Gasteiger partial charge in [-0.25, -0.2) is 0 Å². The van der Waals surface area contributed by atoms with Crippen LogP contribution in [0.5, 0.6) is 5.75 Å². The van der Waals surface area contributed by atoms with Gasteiger partial charge >= 0.3 is 0 Å². The summed E-state index contributed by atoms with van der Waals surface area (Å²) < 4.78 is 6.16. The van der Waals surface area contributed by atoms with Crippen molar-refractivity contribution in [2.75, 3.05) is 13.2 Å². The van der Waals surface area contributed by atoms with Crippen LogP contribution in [-0.2, 0) is 4.79 Å². The van der Waals surface area contributed by atoms with Crippen LogP contribution in [0.1, 0.15) is 32.6 Å². The van der Waals surface area contributed by atoms with Gasteiger partial charge in [0.05, 0.1) is 4.47 Å². The van der Waals surface area contributed by atoms with E-state index < -0.39 is 0 Å². The fourth-order valence-corrected chi connectivity index (χ4v) is 2.36. The molecule has 0 aliphatic carbocycles. The van der Waals surface area contributed by atoms with Gasteiger partial charge in [-0.15, -0.1) is 0 Å². The summed E-state index contributed by atoms with van der Waals surface area (Å²) in [4.78, 5) is 11.5. The van der Waals surface area contributed by atoms with Gasteiger partial charge in [0.1, 0.15) is 5.75 Å². The maximum Gasteiger partial charge on any atom is 0.257 e. The Labute approximate surface area is 127 Å². The number of nitrogens with one attached hydrogen (secondary N) is 1. The van der Waals surface area contributed by atoms with E-state index in [1.807, 2.05) is 0 Å². The first-order valence-corrected chi connectivity index (χ1v) is 7.65. The molecule has 1 aromatic rings. The highest BCUT2D eigenvalue weighted by Crippen LogP contribution is 2.27. The van der Waals surface area contributed by atoms with Crippen LogP contribution < -0.4 is 10.1 Å². The highest BCUT2D eigenvalue weighted by molar-refractivity contribution is 9.10. The predicted molar refractivity (Wildman–Crippen MR) is 81.8 cm³/mol. The molecule has 0 atom stereocenters. The van der Waals surface area contributed by atoms with Crippen LogP contribution in [0.15, 0.2) is 22.7 Å². The smallest absolute Gasteiger partial charge is 0.257 e. The van der Waals surface area contributed by atoms with E-state index in [4.69, 9.17) is 16.3 Å². The molecule has 106 valence electrons. The monoisotopic (exact) mass is 347 g/mol. The minimum atomic E-state index is -0.0988. The summed E-state index contributed by atoms with van der Waals surface area (Å²) in [6.07, 6.45) is 4.58. The van der Waals surface area contributed by atoms with Crippen LogP contribution in [0.2, 0.25) is 5.02 Å². The first-order chi connectivity index (χ1) is 9.13. The molecule has 3 nitrogen and oxygen atoms in total. The maximum absolute atomic E-state index is 11.5. The zero-order valence-corrected chi connectivity index (χ0v) is 13.4. The Morgan fingerprint density at radius 2 is 2.16 bits per heavy atom. The van der Waals surface area contributed by atoms with Crippen LogP contribution in [0.4, 0.5) is 0 Å². The molecule has 1 N–H and O–H groups in total. The number of halogens is 2. The van der Waals surface area contributed by atoms with E-state index in [1.165, 1.54) is 12.8 Å². The third-order valence-electron chi connectivity index (χ3n) is 2.61. The van der Waals surface area contributed by atoms with E-state index >= 15 is 0 Å². The fourth-order valence-electron chi connectivity index (χ4n) is 1.57. The minimum absolute atomic E-state index is 0.0218. The summed E-state index contributed by atoms with van der Waals surface area (Å²) in [5, 5.41) is 3.46. The first kappa shape index (κ1) is 16.3. The molecule has 5 heteroatoms. The van der Waals surface area contributed by atoms with Crippen molar-refractivity contribution < 1.29 is 9.53 Å². The molecule has 0 aromatic heterocycles. The molecule has 1 amide bonds. The average Bonchev–Trinajstić information content (AvgIpc) is 2.37. The third kappa shape index (κ3) is 6.83. The standard InChI is InChI=1S/C14H19BrClNO2/c1-2-3-4-5-8-17-14(18)10-19-13-7-6-11(16)9-12(13)15/h6-7,9H,2-5,8,10H2,1H3,(H,17,18). The molecular weight excluding hydrogens is 330 g/mol. The first-order valence-electron chi connectivity index (χ1n) is 6.48. The summed E-state index contributed by atoms with van der Waals surface area (Å²) in [6.45, 7) is 2.90. The number of amides is 1. The number of unbranched alkanes of at least 4 members (excludes halogenated alkanes) is 3. The third-order valence-corrected chi connectivity index (χ3v) is 3.46. The quantitative estimate of drug-likeness (QED) is 0.716. The van der Waals surface area contributed by atoms with E-state index in [0.717, 1.165) is 17.3 Å². The van der Waals surface area contributed by atoms with E-state index in [0.29, 0.717) is 17.3 Å². The van der Waals surface area contributed by atoms with Crippen molar-refractivity contribution in [1.29, 1.82) is 0 Å². The highest BCUT2D eigenvalue weighted by atomic mass is 79.9. The summed E-state index contributed by atoms with van der Waals surface area (Å²) in [5.74, 6) is 0.517. The molecule has 0 spiro atoms. The second kappa shape index (κ2) is 9.21. The molecule has 0 saturated heterocycles. The molecule has 0 aliphatic rings. The number of hydrogen-bond acceptors (Lipinski definition) is 2. The van der Waals surface area contributed by atoms with Gasteiger partial charge in [-0.2, -0.15) is 0 Å². The molecule has 0 unspecified atom stereocenters. The Morgan fingerprint density at radius 1 is 1.37 bits per heavy atom. The van der Waals surface area contributed by atoms with Crippen molar-refractivity contribution in [3.63, 3.8) is 0 Å². The molecule has 0 heterocycles. The molecular formula is C14H19BrClNO2. The molecule has 0 bridgehead atoms. The van der Waals surface area contributed by atoms with Crippen LogP contribution in [0, 0.1) is 0 Å². The normalized spacial score (nSPS) is 10.3. The molecule has 1 aromatic carbocycles. The predicted octanol–water partition coefficient (Wildman–Crippen LogP) is 4.18. The van der Waals surface area contributed by atoms with Gasteiger partial charge in [0.2, 0.25) is 0 Å². The zero-order chi connectivity index (χ0) is 14.1. The summed E-state index contributed by atoms with van der Waals surface area (Å²) >= 11 is 9.16. The SMILES string of the molecule is CCCCCCNC(=O)COc1ccc(Cl)cc1Br. The number of rotatable bonds is 8. The molecule has 0 saturated carbocycles. The van der Waals surface area contributed by atoms with Gasteiger partial charge in [0, 0.05) is 11.6 Å². The van der Waals surface area contributed by atoms with Crippen molar-refractivity contribution >= 4 is 33.4 Å². The number of carbonyl (C=O) groups is 1. The Kier molecular flexibility index (Phi) is 7.91. The molecule has 0 radical (unpaired) electrons. The Balaban J connectivity index is 2.22. The average molecular weight is 349 g/mol. The lowest BCUT2D eigenvalue weighted by Crippen LogP contribution is -2.29. The van der Waals surface area contributed by atoms with E-state index in [2.05, 4.69) is 28.2 Å². The largest absolute Gasteiger partial charge is 0.483 e. The van der Waals surface area contributed by atoms with Crippen molar-refractivity contribution in [2.45, 2.75) is 32.6 Å². The second-order valence-electron chi connectivity index (χ2n) is 4.27. The molecule has 1 rings (SSSR count). The van der Waals surface area contributed by atoms with Crippen molar-refractivity contribution in [3.05, 3.63) is 27.7 Å². The maximum atomic E-state index is 11.5.